The molecule has 4 heteroatoms. The summed E-state index contributed by atoms with van der Waals surface area (Å²) < 4.78 is 0. The van der Waals surface area contributed by atoms with Gasteiger partial charge in [-0.05, 0) is 22.9 Å². The van der Waals surface area contributed by atoms with E-state index in [2.05, 4.69) is 4.98 Å². The normalized spacial score (nSPS) is 8.57. The minimum absolute atomic E-state index is 0.303. The lowest BCUT2D eigenvalue weighted by Gasteiger charge is -1.88. The average Bonchev–Trinajstić information content (AvgIpc) is 2.77. The van der Waals surface area contributed by atoms with E-state index in [1.165, 1.54) is 6.20 Å². The van der Waals surface area contributed by atoms with Gasteiger partial charge in [-0.2, -0.15) is 11.3 Å². The first kappa shape index (κ1) is 10.4. The monoisotopic (exact) mass is 206 g/mol. The average molecular weight is 206 g/mol. The number of nitrogens with two attached hydrogens (primary N) is 1. The Balaban J connectivity index is 0.000000165. The quantitative estimate of drug-likeness (QED) is 0.775. The molecule has 0 radical (unpaired) electrons. The molecule has 3 nitrogen and oxygen atoms in total. The SMILES string of the molecule is NC(=O)c1ccccn1.c1ccsc1. The van der Waals surface area contributed by atoms with Gasteiger partial charge in [0.25, 0.3) is 5.91 Å². The van der Waals surface area contributed by atoms with Crippen LogP contribution in [0.25, 0.3) is 0 Å². The zero-order chi connectivity index (χ0) is 10.2. The molecule has 0 unspecified atom stereocenters. The molecule has 2 aromatic rings. The Labute approximate surface area is 86.2 Å². The highest BCUT2D eigenvalue weighted by atomic mass is 32.1. The Morgan fingerprint density at radius 2 is 1.93 bits per heavy atom. The summed E-state index contributed by atoms with van der Waals surface area (Å²) in [6.07, 6.45) is 1.53. The maximum atomic E-state index is 10.4. The summed E-state index contributed by atoms with van der Waals surface area (Å²) in [7, 11) is 0. The minimum Gasteiger partial charge on any atom is -0.364 e. The molecule has 2 aromatic heterocycles. The van der Waals surface area contributed by atoms with Crippen LogP contribution in [0, 0.1) is 0 Å². The van der Waals surface area contributed by atoms with E-state index in [-0.39, 0.29) is 0 Å². The molecule has 0 spiro atoms. The lowest BCUT2D eigenvalue weighted by Crippen LogP contribution is -2.12. The number of carbonyl (C=O) groups excluding carboxylic acids is 1. The fraction of sp³-hybridized carbons (Fsp3) is 0. The molecule has 0 saturated carbocycles. The zero-order valence-corrected chi connectivity index (χ0v) is 8.28. The molecule has 0 atom stereocenters. The number of hydrogen-bond acceptors (Lipinski definition) is 3. The standard InChI is InChI=1S/C6H6N2O.C4H4S/c7-6(9)5-3-1-2-4-8-5;1-2-4-5-3-1/h1-4H,(H2,7,9);1-4H. The van der Waals surface area contributed by atoms with Crippen LogP contribution in [0.2, 0.25) is 0 Å². The summed E-state index contributed by atoms with van der Waals surface area (Å²) in [6.45, 7) is 0. The van der Waals surface area contributed by atoms with Gasteiger partial charge in [-0.3, -0.25) is 9.78 Å². The van der Waals surface area contributed by atoms with Gasteiger partial charge in [0.2, 0.25) is 0 Å². The van der Waals surface area contributed by atoms with Gasteiger partial charge >= 0.3 is 0 Å². The van der Waals surface area contributed by atoms with Crippen LogP contribution in [0.15, 0.2) is 47.3 Å². The van der Waals surface area contributed by atoms with E-state index in [0.29, 0.717) is 5.69 Å². The van der Waals surface area contributed by atoms with Crippen LogP contribution in [0.4, 0.5) is 0 Å². The minimum atomic E-state index is -0.490. The lowest BCUT2D eigenvalue weighted by atomic mass is 10.3. The van der Waals surface area contributed by atoms with E-state index < -0.39 is 5.91 Å². The highest BCUT2D eigenvalue weighted by Gasteiger charge is 1.95. The molecular weight excluding hydrogens is 196 g/mol. The zero-order valence-electron chi connectivity index (χ0n) is 7.46. The van der Waals surface area contributed by atoms with Crippen LogP contribution in [-0.4, -0.2) is 10.9 Å². The molecule has 0 aliphatic heterocycles. The van der Waals surface area contributed by atoms with E-state index in [9.17, 15) is 4.79 Å². The van der Waals surface area contributed by atoms with Gasteiger partial charge in [0.05, 0.1) is 0 Å². The number of rotatable bonds is 1. The second-order valence-electron chi connectivity index (χ2n) is 2.37. The van der Waals surface area contributed by atoms with Gasteiger partial charge in [0.1, 0.15) is 5.69 Å². The Morgan fingerprint density at radius 3 is 2.21 bits per heavy atom. The third-order valence-corrected chi connectivity index (χ3v) is 1.97. The molecule has 0 aliphatic rings. The molecule has 2 N–H and O–H groups in total. The van der Waals surface area contributed by atoms with Crippen molar-refractivity contribution >= 4 is 17.2 Å². The number of nitrogens with zero attached hydrogens (tertiary/aromatic N) is 1. The van der Waals surface area contributed by atoms with Crippen molar-refractivity contribution in [2.24, 2.45) is 5.73 Å². The number of carbonyl (C=O) groups is 1. The predicted molar refractivity (Wildman–Crippen MR) is 57.1 cm³/mol. The molecule has 0 fully saturated rings. The largest absolute Gasteiger partial charge is 0.364 e. The first-order valence-electron chi connectivity index (χ1n) is 3.98. The molecule has 0 aliphatic carbocycles. The fourth-order valence-corrected chi connectivity index (χ4v) is 1.19. The summed E-state index contributed by atoms with van der Waals surface area (Å²) in [5.41, 5.74) is 5.22. The van der Waals surface area contributed by atoms with Crippen LogP contribution in [0.3, 0.4) is 0 Å². The van der Waals surface area contributed by atoms with Crippen LogP contribution < -0.4 is 5.73 Å². The Hall–Kier alpha value is -1.68. The molecule has 2 heterocycles. The van der Waals surface area contributed by atoms with Gasteiger partial charge in [-0.1, -0.05) is 18.2 Å². The highest BCUT2D eigenvalue weighted by molar-refractivity contribution is 7.07. The van der Waals surface area contributed by atoms with Gasteiger partial charge in [-0.15, -0.1) is 0 Å². The topological polar surface area (TPSA) is 56.0 Å². The third-order valence-electron chi connectivity index (χ3n) is 1.34. The third kappa shape index (κ3) is 3.82. The number of amides is 1. The molecule has 1 amide bonds. The van der Waals surface area contributed by atoms with Crippen molar-refractivity contribution in [1.29, 1.82) is 0 Å². The van der Waals surface area contributed by atoms with Crippen molar-refractivity contribution < 1.29 is 4.79 Å². The second kappa shape index (κ2) is 5.88. The van der Waals surface area contributed by atoms with Crippen molar-refractivity contribution in [2.75, 3.05) is 0 Å². The molecule has 0 aromatic carbocycles. The molecular formula is C10H10N2OS. The number of pyridine rings is 1. The Bertz CT molecular complexity index is 342. The number of hydrogen-bond donors (Lipinski definition) is 1. The summed E-state index contributed by atoms with van der Waals surface area (Å²) in [4.78, 5) is 14.1. The van der Waals surface area contributed by atoms with Crippen LogP contribution >= 0.6 is 11.3 Å². The maximum Gasteiger partial charge on any atom is 0.267 e. The van der Waals surface area contributed by atoms with Crippen molar-refractivity contribution in [2.45, 2.75) is 0 Å². The van der Waals surface area contributed by atoms with Crippen molar-refractivity contribution in [3.63, 3.8) is 0 Å². The molecule has 14 heavy (non-hydrogen) atoms. The fourth-order valence-electron chi connectivity index (χ4n) is 0.735. The Morgan fingerprint density at radius 1 is 1.21 bits per heavy atom. The summed E-state index contributed by atoms with van der Waals surface area (Å²) >= 11 is 1.71. The second-order valence-corrected chi connectivity index (χ2v) is 3.19. The summed E-state index contributed by atoms with van der Waals surface area (Å²) in [6, 6.07) is 9.05. The smallest absolute Gasteiger partial charge is 0.267 e. The molecule has 0 saturated heterocycles. The number of thiophene rings is 1. The van der Waals surface area contributed by atoms with E-state index in [0.717, 1.165) is 0 Å². The van der Waals surface area contributed by atoms with E-state index in [4.69, 9.17) is 5.73 Å². The summed E-state index contributed by atoms with van der Waals surface area (Å²) in [5, 5.41) is 4.08. The molecule has 0 bridgehead atoms. The van der Waals surface area contributed by atoms with Gasteiger partial charge in [-0.25, -0.2) is 0 Å². The maximum absolute atomic E-state index is 10.4. The van der Waals surface area contributed by atoms with Crippen molar-refractivity contribution in [3.05, 3.63) is 53.0 Å². The predicted octanol–water partition coefficient (Wildman–Crippen LogP) is 1.93. The van der Waals surface area contributed by atoms with Crippen LogP contribution in [-0.2, 0) is 0 Å². The van der Waals surface area contributed by atoms with Crippen LogP contribution in [0.1, 0.15) is 10.5 Å². The van der Waals surface area contributed by atoms with E-state index in [1.807, 2.05) is 22.9 Å². The van der Waals surface area contributed by atoms with Crippen LogP contribution in [0.5, 0.6) is 0 Å². The number of primary amides is 1. The first-order chi connectivity index (χ1) is 6.80. The van der Waals surface area contributed by atoms with Crippen molar-refractivity contribution in [1.82, 2.24) is 4.98 Å². The first-order valence-corrected chi connectivity index (χ1v) is 4.93. The van der Waals surface area contributed by atoms with Gasteiger partial charge in [0, 0.05) is 6.20 Å². The lowest BCUT2D eigenvalue weighted by molar-refractivity contribution is 0.0995. The number of aromatic nitrogens is 1. The van der Waals surface area contributed by atoms with E-state index >= 15 is 0 Å². The molecule has 2 rings (SSSR count). The van der Waals surface area contributed by atoms with E-state index in [1.54, 1.807) is 29.5 Å². The van der Waals surface area contributed by atoms with Gasteiger partial charge in [0.15, 0.2) is 0 Å². The summed E-state index contributed by atoms with van der Waals surface area (Å²) in [5.74, 6) is -0.490. The Kier molecular flexibility index (Phi) is 4.37. The van der Waals surface area contributed by atoms with Gasteiger partial charge < -0.3 is 5.73 Å². The molecule has 72 valence electrons. The highest BCUT2D eigenvalue weighted by Crippen LogP contribution is 1.91. The van der Waals surface area contributed by atoms with Crippen molar-refractivity contribution in [3.8, 4) is 0 Å².